The minimum absolute atomic E-state index is 0.168. The summed E-state index contributed by atoms with van der Waals surface area (Å²) in [6.45, 7) is 1.61. The molecule has 1 heterocycles. The van der Waals surface area contributed by atoms with E-state index in [9.17, 15) is 18.0 Å². The SMILES string of the molecule is Cc1n[nH]c(=O)nc1NN=Cc1ccc(C(F)(F)F)cc1. The van der Waals surface area contributed by atoms with Crippen molar-refractivity contribution < 1.29 is 13.2 Å². The Morgan fingerprint density at radius 3 is 2.57 bits per heavy atom. The standard InChI is InChI=1S/C12H10F3N5O/c1-7-10(17-11(21)20-18-7)19-16-6-8-2-4-9(5-3-8)12(13,14)15/h2-6H,1H3,(H2,17,19,20,21). The van der Waals surface area contributed by atoms with Gasteiger partial charge in [0.15, 0.2) is 5.82 Å². The summed E-state index contributed by atoms with van der Waals surface area (Å²) in [5.74, 6) is 0.168. The quantitative estimate of drug-likeness (QED) is 0.670. The number of aromatic amines is 1. The van der Waals surface area contributed by atoms with Crippen LogP contribution in [-0.4, -0.2) is 21.4 Å². The van der Waals surface area contributed by atoms with Crippen molar-refractivity contribution >= 4 is 12.0 Å². The zero-order valence-corrected chi connectivity index (χ0v) is 10.8. The fraction of sp³-hybridized carbons (Fsp3) is 0.167. The number of alkyl halides is 3. The maximum atomic E-state index is 12.4. The molecule has 0 unspecified atom stereocenters. The molecule has 0 amide bonds. The predicted molar refractivity (Wildman–Crippen MR) is 70.1 cm³/mol. The second-order valence-electron chi connectivity index (χ2n) is 4.06. The van der Waals surface area contributed by atoms with E-state index in [0.717, 1.165) is 12.1 Å². The lowest BCUT2D eigenvalue weighted by molar-refractivity contribution is -0.137. The van der Waals surface area contributed by atoms with Gasteiger partial charge in [-0.15, -0.1) is 0 Å². The molecule has 2 aromatic rings. The molecule has 0 aliphatic heterocycles. The van der Waals surface area contributed by atoms with Crippen LogP contribution in [0.25, 0.3) is 0 Å². The largest absolute Gasteiger partial charge is 0.416 e. The molecule has 0 fully saturated rings. The molecule has 0 saturated heterocycles. The second kappa shape index (κ2) is 5.73. The van der Waals surface area contributed by atoms with E-state index in [-0.39, 0.29) is 5.82 Å². The van der Waals surface area contributed by atoms with Gasteiger partial charge in [-0.2, -0.15) is 28.4 Å². The fourth-order valence-corrected chi connectivity index (χ4v) is 1.42. The summed E-state index contributed by atoms with van der Waals surface area (Å²) in [6, 6.07) is 4.48. The molecular formula is C12H10F3N5O. The third-order valence-corrected chi connectivity index (χ3v) is 2.50. The topological polar surface area (TPSA) is 83.0 Å². The van der Waals surface area contributed by atoms with Crippen molar-refractivity contribution in [3.05, 3.63) is 51.6 Å². The Morgan fingerprint density at radius 2 is 1.95 bits per heavy atom. The van der Waals surface area contributed by atoms with Crippen molar-refractivity contribution in [2.75, 3.05) is 5.43 Å². The van der Waals surface area contributed by atoms with E-state index >= 15 is 0 Å². The van der Waals surface area contributed by atoms with Crippen molar-refractivity contribution in [2.45, 2.75) is 13.1 Å². The Labute approximate surface area is 116 Å². The number of aryl methyl sites for hydroxylation is 1. The summed E-state index contributed by atoms with van der Waals surface area (Å²) in [7, 11) is 0. The Hall–Kier alpha value is -2.71. The summed E-state index contributed by atoms with van der Waals surface area (Å²) in [5.41, 5.74) is 2.03. The average molecular weight is 297 g/mol. The number of hydrazone groups is 1. The third kappa shape index (κ3) is 3.88. The number of benzene rings is 1. The second-order valence-corrected chi connectivity index (χ2v) is 4.06. The Balaban J connectivity index is 2.08. The highest BCUT2D eigenvalue weighted by atomic mass is 19.4. The molecule has 0 bridgehead atoms. The van der Waals surface area contributed by atoms with Crippen molar-refractivity contribution in [1.82, 2.24) is 15.2 Å². The first-order valence-electron chi connectivity index (χ1n) is 5.76. The minimum Gasteiger partial charge on any atom is -0.260 e. The number of hydrogen-bond donors (Lipinski definition) is 2. The fourth-order valence-electron chi connectivity index (χ4n) is 1.42. The van der Waals surface area contributed by atoms with Gasteiger partial charge < -0.3 is 0 Å². The van der Waals surface area contributed by atoms with Crippen LogP contribution in [0.2, 0.25) is 0 Å². The molecule has 0 radical (unpaired) electrons. The molecule has 21 heavy (non-hydrogen) atoms. The molecule has 2 rings (SSSR count). The van der Waals surface area contributed by atoms with Crippen LogP contribution in [0.15, 0.2) is 34.2 Å². The van der Waals surface area contributed by atoms with Gasteiger partial charge in [-0.3, -0.25) is 5.43 Å². The number of H-pyrrole nitrogens is 1. The van der Waals surface area contributed by atoms with E-state index in [4.69, 9.17) is 0 Å². The first-order valence-corrected chi connectivity index (χ1v) is 5.76. The molecule has 9 heteroatoms. The van der Waals surface area contributed by atoms with Gasteiger partial charge in [0.05, 0.1) is 11.8 Å². The van der Waals surface area contributed by atoms with Crippen LogP contribution in [0, 0.1) is 6.92 Å². The molecule has 1 aromatic heterocycles. The van der Waals surface area contributed by atoms with E-state index < -0.39 is 17.4 Å². The summed E-state index contributed by atoms with van der Waals surface area (Å²) in [4.78, 5) is 14.6. The van der Waals surface area contributed by atoms with Crippen LogP contribution in [0.4, 0.5) is 19.0 Å². The zero-order chi connectivity index (χ0) is 15.5. The van der Waals surface area contributed by atoms with Gasteiger partial charge in [0, 0.05) is 0 Å². The number of halogens is 3. The maximum absolute atomic E-state index is 12.4. The van der Waals surface area contributed by atoms with E-state index in [1.807, 2.05) is 0 Å². The summed E-state index contributed by atoms with van der Waals surface area (Å²) >= 11 is 0. The van der Waals surface area contributed by atoms with Crippen LogP contribution in [-0.2, 0) is 6.18 Å². The molecule has 110 valence electrons. The van der Waals surface area contributed by atoms with Gasteiger partial charge in [-0.1, -0.05) is 12.1 Å². The smallest absolute Gasteiger partial charge is 0.260 e. The van der Waals surface area contributed by atoms with Crippen molar-refractivity contribution in [2.24, 2.45) is 5.10 Å². The van der Waals surface area contributed by atoms with Crippen molar-refractivity contribution in [3.8, 4) is 0 Å². The van der Waals surface area contributed by atoms with Crippen LogP contribution in [0.1, 0.15) is 16.8 Å². The molecule has 0 aliphatic rings. The van der Waals surface area contributed by atoms with Gasteiger partial charge in [0.25, 0.3) is 0 Å². The number of nitrogens with one attached hydrogen (secondary N) is 2. The summed E-state index contributed by atoms with van der Waals surface area (Å²) < 4.78 is 37.1. The highest BCUT2D eigenvalue weighted by Crippen LogP contribution is 2.28. The number of nitrogens with zero attached hydrogens (tertiary/aromatic N) is 3. The van der Waals surface area contributed by atoms with E-state index in [2.05, 4.69) is 25.7 Å². The lowest BCUT2D eigenvalue weighted by Crippen LogP contribution is -2.15. The van der Waals surface area contributed by atoms with Crippen molar-refractivity contribution in [3.63, 3.8) is 0 Å². The lowest BCUT2D eigenvalue weighted by Gasteiger charge is -2.05. The van der Waals surface area contributed by atoms with Gasteiger partial charge in [0.1, 0.15) is 5.69 Å². The zero-order valence-electron chi connectivity index (χ0n) is 10.8. The Kier molecular flexibility index (Phi) is 4.01. The molecule has 2 N–H and O–H groups in total. The number of hydrogen-bond acceptors (Lipinski definition) is 5. The molecule has 0 aliphatic carbocycles. The first-order chi connectivity index (χ1) is 9.86. The highest BCUT2D eigenvalue weighted by molar-refractivity contribution is 5.80. The third-order valence-electron chi connectivity index (χ3n) is 2.50. The van der Waals surface area contributed by atoms with Gasteiger partial charge in [0.2, 0.25) is 0 Å². The number of rotatable bonds is 3. The van der Waals surface area contributed by atoms with E-state index in [1.165, 1.54) is 18.3 Å². The normalized spacial score (nSPS) is 11.8. The number of anilines is 1. The Bertz CT molecular complexity index is 706. The van der Waals surface area contributed by atoms with E-state index in [1.54, 1.807) is 6.92 Å². The van der Waals surface area contributed by atoms with Crippen molar-refractivity contribution in [1.29, 1.82) is 0 Å². The molecule has 1 aromatic carbocycles. The molecular weight excluding hydrogens is 287 g/mol. The predicted octanol–water partition coefficient (Wildman–Crippen LogP) is 1.94. The summed E-state index contributed by atoms with van der Waals surface area (Å²) in [5, 5.41) is 9.63. The molecule has 0 spiro atoms. The molecule has 6 nitrogen and oxygen atoms in total. The van der Waals surface area contributed by atoms with Crippen LogP contribution < -0.4 is 11.1 Å². The number of aromatic nitrogens is 3. The molecule has 0 atom stereocenters. The van der Waals surface area contributed by atoms with Crippen LogP contribution >= 0.6 is 0 Å². The summed E-state index contributed by atoms with van der Waals surface area (Å²) in [6.07, 6.45) is -3.06. The average Bonchev–Trinajstić information content (AvgIpc) is 2.42. The minimum atomic E-state index is -4.37. The first kappa shape index (κ1) is 14.7. The lowest BCUT2D eigenvalue weighted by atomic mass is 10.1. The monoisotopic (exact) mass is 297 g/mol. The highest BCUT2D eigenvalue weighted by Gasteiger charge is 2.29. The maximum Gasteiger partial charge on any atom is 0.416 e. The van der Waals surface area contributed by atoms with Crippen LogP contribution in [0.3, 0.4) is 0 Å². The van der Waals surface area contributed by atoms with Crippen LogP contribution in [0.5, 0.6) is 0 Å². The van der Waals surface area contributed by atoms with Gasteiger partial charge >= 0.3 is 11.9 Å². The van der Waals surface area contributed by atoms with Gasteiger partial charge in [-0.25, -0.2) is 9.89 Å². The van der Waals surface area contributed by atoms with E-state index in [0.29, 0.717) is 11.3 Å². The Morgan fingerprint density at radius 1 is 1.29 bits per heavy atom. The molecule has 0 saturated carbocycles. The van der Waals surface area contributed by atoms with Gasteiger partial charge in [-0.05, 0) is 24.6 Å².